The van der Waals surface area contributed by atoms with Crippen LogP contribution in [0.2, 0.25) is 0 Å². The molecular formula is C25H26N4O4. The van der Waals surface area contributed by atoms with Crippen molar-refractivity contribution >= 4 is 29.2 Å². The maximum Gasteiger partial charge on any atom is 0.322 e. The van der Waals surface area contributed by atoms with E-state index in [-0.39, 0.29) is 37.0 Å². The number of urea groups is 1. The van der Waals surface area contributed by atoms with Gasteiger partial charge in [0, 0.05) is 19.0 Å². The van der Waals surface area contributed by atoms with Gasteiger partial charge in [-0.3, -0.25) is 19.4 Å². The SMILES string of the molecule is C[C@H](Cc1ccco1)NC(=O)CN1C(=O)CN(C(=O)NCc2ccccc2)c2ccccc21. The number of carbonyl (C=O) groups excluding carboxylic acids is 3. The molecule has 170 valence electrons. The molecule has 2 aromatic carbocycles. The molecule has 0 unspecified atom stereocenters. The monoisotopic (exact) mass is 446 g/mol. The minimum atomic E-state index is -0.365. The number of rotatable bonds is 7. The van der Waals surface area contributed by atoms with Crippen molar-refractivity contribution in [3.05, 3.63) is 84.3 Å². The van der Waals surface area contributed by atoms with Crippen molar-refractivity contribution in [2.45, 2.75) is 25.9 Å². The molecule has 0 radical (unpaired) electrons. The summed E-state index contributed by atoms with van der Waals surface area (Å²) in [7, 11) is 0. The molecule has 4 rings (SSSR count). The van der Waals surface area contributed by atoms with E-state index in [2.05, 4.69) is 10.6 Å². The molecule has 0 saturated heterocycles. The summed E-state index contributed by atoms with van der Waals surface area (Å²) in [5.74, 6) is 0.177. The van der Waals surface area contributed by atoms with Gasteiger partial charge in [0.15, 0.2) is 0 Å². The van der Waals surface area contributed by atoms with Crippen molar-refractivity contribution in [3.8, 4) is 0 Å². The van der Waals surface area contributed by atoms with E-state index < -0.39 is 0 Å². The minimum Gasteiger partial charge on any atom is -0.469 e. The molecule has 1 atom stereocenters. The second kappa shape index (κ2) is 10.0. The number of benzene rings is 2. The van der Waals surface area contributed by atoms with Crippen LogP contribution in [0.1, 0.15) is 18.2 Å². The van der Waals surface area contributed by atoms with Crippen LogP contribution in [-0.2, 0) is 22.6 Å². The molecule has 4 amide bonds. The third kappa shape index (κ3) is 5.41. The second-order valence-corrected chi connectivity index (χ2v) is 7.95. The van der Waals surface area contributed by atoms with Gasteiger partial charge in [-0.15, -0.1) is 0 Å². The number of nitrogens with zero attached hydrogens (tertiary/aromatic N) is 2. The van der Waals surface area contributed by atoms with Crippen LogP contribution in [-0.4, -0.2) is 37.0 Å². The van der Waals surface area contributed by atoms with Crippen molar-refractivity contribution in [1.82, 2.24) is 10.6 Å². The predicted octanol–water partition coefficient (Wildman–Crippen LogP) is 3.09. The van der Waals surface area contributed by atoms with Crippen LogP contribution < -0.4 is 20.4 Å². The molecule has 8 heteroatoms. The van der Waals surface area contributed by atoms with Crippen molar-refractivity contribution in [3.63, 3.8) is 0 Å². The van der Waals surface area contributed by atoms with Crippen molar-refractivity contribution in [2.24, 2.45) is 0 Å². The number of para-hydroxylation sites is 2. The van der Waals surface area contributed by atoms with Crippen LogP contribution in [0.5, 0.6) is 0 Å². The number of hydrogen-bond donors (Lipinski definition) is 2. The lowest BCUT2D eigenvalue weighted by Crippen LogP contribution is -2.53. The summed E-state index contributed by atoms with van der Waals surface area (Å²) in [6.45, 7) is 1.96. The molecule has 33 heavy (non-hydrogen) atoms. The summed E-state index contributed by atoms with van der Waals surface area (Å²) >= 11 is 0. The summed E-state index contributed by atoms with van der Waals surface area (Å²) in [6.07, 6.45) is 2.15. The Morgan fingerprint density at radius 2 is 1.73 bits per heavy atom. The number of nitrogens with one attached hydrogen (secondary N) is 2. The Bertz CT molecular complexity index is 1110. The Hall–Kier alpha value is -4.07. The van der Waals surface area contributed by atoms with Crippen LogP contribution in [0, 0.1) is 0 Å². The number of hydrogen-bond acceptors (Lipinski definition) is 4. The van der Waals surface area contributed by atoms with Crippen molar-refractivity contribution in [2.75, 3.05) is 22.9 Å². The molecule has 0 aliphatic carbocycles. The zero-order valence-electron chi connectivity index (χ0n) is 18.4. The van der Waals surface area contributed by atoms with Gasteiger partial charge in [0.25, 0.3) is 0 Å². The molecule has 0 bridgehead atoms. The van der Waals surface area contributed by atoms with E-state index in [1.807, 2.05) is 43.3 Å². The van der Waals surface area contributed by atoms with Gasteiger partial charge in [0.2, 0.25) is 11.8 Å². The van der Waals surface area contributed by atoms with Crippen LogP contribution in [0.15, 0.2) is 77.4 Å². The predicted molar refractivity (Wildman–Crippen MR) is 125 cm³/mol. The number of carbonyl (C=O) groups is 3. The molecule has 2 heterocycles. The lowest BCUT2D eigenvalue weighted by atomic mass is 10.1. The van der Waals surface area contributed by atoms with Gasteiger partial charge in [-0.1, -0.05) is 42.5 Å². The van der Waals surface area contributed by atoms with E-state index in [0.717, 1.165) is 11.3 Å². The summed E-state index contributed by atoms with van der Waals surface area (Å²) in [5, 5.41) is 5.76. The molecule has 3 aromatic rings. The van der Waals surface area contributed by atoms with E-state index >= 15 is 0 Å². The highest BCUT2D eigenvalue weighted by Gasteiger charge is 2.33. The van der Waals surface area contributed by atoms with Crippen molar-refractivity contribution in [1.29, 1.82) is 0 Å². The van der Waals surface area contributed by atoms with Crippen LogP contribution >= 0.6 is 0 Å². The Balaban J connectivity index is 1.42. The van der Waals surface area contributed by atoms with Gasteiger partial charge in [-0.2, -0.15) is 0 Å². The third-order valence-corrected chi connectivity index (χ3v) is 5.39. The van der Waals surface area contributed by atoms with Gasteiger partial charge in [0.05, 0.1) is 17.6 Å². The number of fused-ring (bicyclic) bond motifs is 1. The zero-order chi connectivity index (χ0) is 23.2. The van der Waals surface area contributed by atoms with Gasteiger partial charge in [-0.25, -0.2) is 4.79 Å². The van der Waals surface area contributed by atoms with Crippen LogP contribution in [0.4, 0.5) is 16.2 Å². The smallest absolute Gasteiger partial charge is 0.322 e. The quantitative estimate of drug-likeness (QED) is 0.583. The normalized spacial score (nSPS) is 13.9. The minimum absolute atomic E-state index is 0.127. The third-order valence-electron chi connectivity index (χ3n) is 5.39. The van der Waals surface area contributed by atoms with E-state index in [0.29, 0.717) is 24.3 Å². The Kier molecular flexibility index (Phi) is 6.73. The van der Waals surface area contributed by atoms with Crippen LogP contribution in [0.3, 0.4) is 0 Å². The molecule has 0 fully saturated rings. The van der Waals surface area contributed by atoms with Gasteiger partial charge in [0.1, 0.15) is 18.8 Å². The van der Waals surface area contributed by atoms with E-state index in [4.69, 9.17) is 4.42 Å². The fourth-order valence-corrected chi connectivity index (χ4v) is 3.83. The summed E-state index contributed by atoms with van der Waals surface area (Å²) in [6, 6.07) is 19.8. The second-order valence-electron chi connectivity index (χ2n) is 7.95. The number of anilines is 2. The molecule has 0 saturated carbocycles. The molecule has 1 aromatic heterocycles. The first kappa shape index (κ1) is 22.1. The van der Waals surface area contributed by atoms with E-state index in [9.17, 15) is 14.4 Å². The molecule has 0 spiro atoms. The summed E-state index contributed by atoms with van der Waals surface area (Å²) < 4.78 is 5.32. The standard InChI is InChI=1S/C25H26N4O4/c1-18(14-20-10-7-13-33-20)27-23(30)16-28-21-11-5-6-12-22(21)29(17-24(28)31)25(32)26-15-19-8-3-2-4-9-19/h2-13,18H,14-17H2,1H3,(H,26,32)(H,27,30)/t18-/m1/s1. The lowest BCUT2D eigenvalue weighted by Gasteiger charge is -2.35. The summed E-state index contributed by atoms with van der Waals surface area (Å²) in [4.78, 5) is 41.3. The highest BCUT2D eigenvalue weighted by Crippen LogP contribution is 2.33. The summed E-state index contributed by atoms with van der Waals surface area (Å²) in [5.41, 5.74) is 2.07. The molecule has 2 N–H and O–H groups in total. The molecular weight excluding hydrogens is 420 g/mol. The maximum atomic E-state index is 12.9. The van der Waals surface area contributed by atoms with Gasteiger partial charge < -0.3 is 15.1 Å². The first-order chi connectivity index (χ1) is 16.0. The topological polar surface area (TPSA) is 94.9 Å². The average Bonchev–Trinajstić information content (AvgIpc) is 3.32. The zero-order valence-corrected chi connectivity index (χ0v) is 18.4. The van der Waals surface area contributed by atoms with Crippen LogP contribution in [0.25, 0.3) is 0 Å². The first-order valence-electron chi connectivity index (χ1n) is 10.8. The highest BCUT2D eigenvalue weighted by atomic mass is 16.3. The van der Waals surface area contributed by atoms with E-state index in [1.54, 1.807) is 36.6 Å². The molecule has 1 aliphatic rings. The first-order valence-corrected chi connectivity index (χ1v) is 10.8. The fraction of sp³-hybridized carbons (Fsp3) is 0.240. The Morgan fingerprint density at radius 3 is 2.45 bits per heavy atom. The number of amides is 4. The molecule has 1 aliphatic heterocycles. The highest BCUT2D eigenvalue weighted by molar-refractivity contribution is 6.12. The van der Waals surface area contributed by atoms with E-state index in [1.165, 1.54) is 9.80 Å². The Labute approximate surface area is 192 Å². The van der Waals surface area contributed by atoms with Gasteiger partial charge >= 0.3 is 6.03 Å². The maximum absolute atomic E-state index is 12.9. The fourth-order valence-electron chi connectivity index (χ4n) is 3.83. The average molecular weight is 447 g/mol. The largest absolute Gasteiger partial charge is 0.469 e. The molecule has 8 nitrogen and oxygen atoms in total. The number of furan rings is 1. The Morgan fingerprint density at radius 1 is 1.00 bits per heavy atom. The van der Waals surface area contributed by atoms with Crippen molar-refractivity contribution < 1.29 is 18.8 Å². The lowest BCUT2D eigenvalue weighted by molar-refractivity contribution is -0.123. The van der Waals surface area contributed by atoms with Gasteiger partial charge in [-0.05, 0) is 36.8 Å².